The maximum Gasteiger partial charge on any atom is 0.422 e. The Balaban J connectivity index is 1.56. The molecule has 148 valence electrons. The summed E-state index contributed by atoms with van der Waals surface area (Å²) >= 11 is 0. The van der Waals surface area contributed by atoms with Crippen LogP contribution in [0.3, 0.4) is 0 Å². The highest BCUT2D eigenvalue weighted by Crippen LogP contribution is 2.24. The van der Waals surface area contributed by atoms with Crippen LogP contribution in [0.15, 0.2) is 42.7 Å². The van der Waals surface area contributed by atoms with E-state index in [-0.39, 0.29) is 11.8 Å². The van der Waals surface area contributed by atoms with E-state index >= 15 is 0 Å². The second kappa shape index (κ2) is 7.27. The van der Waals surface area contributed by atoms with Crippen LogP contribution in [0.5, 0.6) is 5.75 Å². The minimum atomic E-state index is -4.41. The van der Waals surface area contributed by atoms with Crippen LogP contribution >= 0.6 is 0 Å². The van der Waals surface area contributed by atoms with Gasteiger partial charge in [-0.05, 0) is 18.2 Å². The summed E-state index contributed by atoms with van der Waals surface area (Å²) in [7, 11) is 0. The number of rotatable bonds is 5. The van der Waals surface area contributed by atoms with Gasteiger partial charge < -0.3 is 15.4 Å². The monoisotopic (exact) mass is 395 g/mol. The lowest BCUT2D eigenvalue weighted by atomic mass is 10.2. The van der Waals surface area contributed by atoms with Crippen molar-refractivity contribution in [1.82, 2.24) is 19.7 Å². The maximum absolute atomic E-state index is 13.8. The molecule has 2 N–H and O–H groups in total. The summed E-state index contributed by atoms with van der Waals surface area (Å²) in [4.78, 5) is 8.72. The second-order valence-electron chi connectivity index (χ2n) is 6.47. The fourth-order valence-corrected chi connectivity index (χ4v) is 3.04. The van der Waals surface area contributed by atoms with Gasteiger partial charge in [0.1, 0.15) is 23.4 Å². The normalized spacial score (nSPS) is 19.9. The van der Waals surface area contributed by atoms with E-state index in [1.807, 2.05) is 0 Å². The molecule has 0 amide bonds. The molecule has 0 saturated carbocycles. The first-order chi connectivity index (χ1) is 13.4. The van der Waals surface area contributed by atoms with Gasteiger partial charge in [-0.15, -0.1) is 0 Å². The van der Waals surface area contributed by atoms with Crippen molar-refractivity contribution in [2.45, 2.75) is 18.4 Å². The molecule has 6 nitrogen and oxygen atoms in total. The molecule has 0 bridgehead atoms. The largest absolute Gasteiger partial charge is 0.484 e. The molecule has 3 aromatic heterocycles. The van der Waals surface area contributed by atoms with E-state index in [1.54, 1.807) is 35.0 Å². The van der Waals surface area contributed by atoms with E-state index in [2.05, 4.69) is 20.6 Å². The number of ether oxygens (including phenoxy) is 1. The Labute approximate surface area is 157 Å². The van der Waals surface area contributed by atoms with Crippen LogP contribution in [0, 0.1) is 0 Å². The Kier molecular flexibility index (Phi) is 4.80. The van der Waals surface area contributed by atoms with Crippen molar-refractivity contribution in [2.24, 2.45) is 0 Å². The van der Waals surface area contributed by atoms with Gasteiger partial charge in [-0.3, -0.25) is 4.40 Å². The van der Waals surface area contributed by atoms with Gasteiger partial charge in [-0.2, -0.15) is 13.2 Å². The van der Waals surface area contributed by atoms with Crippen LogP contribution in [0.2, 0.25) is 0 Å². The molecule has 0 radical (unpaired) electrons. The Morgan fingerprint density at radius 1 is 1.25 bits per heavy atom. The predicted molar refractivity (Wildman–Crippen MR) is 95.1 cm³/mol. The third-order valence-electron chi connectivity index (χ3n) is 4.37. The van der Waals surface area contributed by atoms with Crippen molar-refractivity contribution >= 4 is 11.5 Å². The van der Waals surface area contributed by atoms with Crippen molar-refractivity contribution in [3.05, 3.63) is 42.7 Å². The number of nitrogens with zero attached hydrogens (tertiary/aromatic N) is 3. The highest BCUT2D eigenvalue weighted by atomic mass is 19.4. The summed E-state index contributed by atoms with van der Waals surface area (Å²) in [5, 5.41) is 6.05. The molecule has 1 aliphatic heterocycles. The van der Waals surface area contributed by atoms with Crippen LogP contribution in [0.4, 0.5) is 23.4 Å². The molecule has 28 heavy (non-hydrogen) atoms. The molecular weight excluding hydrogens is 378 g/mol. The molecule has 1 saturated heterocycles. The predicted octanol–water partition coefficient (Wildman–Crippen LogP) is 3.06. The second-order valence-corrected chi connectivity index (χ2v) is 6.47. The summed E-state index contributed by atoms with van der Waals surface area (Å²) < 4.78 is 57.1. The van der Waals surface area contributed by atoms with Gasteiger partial charge in [-0.1, -0.05) is 6.07 Å². The standard InChI is InChI=1S/C18H17F4N5O/c19-12-7-23-8-14(12)26-16-3-1-2-13(25-16)15-9-24-17-6-11(4-5-27(15)17)28-10-18(20,21)22/h1-6,9,12,14,23H,7-8,10H2,(H,25,26)/t12?,14-/m0/s1. The number of anilines is 1. The van der Waals surface area contributed by atoms with E-state index in [1.165, 1.54) is 12.1 Å². The number of imidazole rings is 1. The Hall–Kier alpha value is -2.88. The number of fused-ring (bicyclic) bond motifs is 1. The summed E-state index contributed by atoms with van der Waals surface area (Å²) in [6.45, 7) is -0.537. The minimum Gasteiger partial charge on any atom is -0.484 e. The highest BCUT2D eigenvalue weighted by molar-refractivity contribution is 5.63. The number of halogens is 4. The molecule has 3 aromatic rings. The summed E-state index contributed by atoms with van der Waals surface area (Å²) in [5.74, 6) is 0.613. The molecular formula is C18H17F4N5O. The third kappa shape index (κ3) is 4.01. The zero-order valence-electron chi connectivity index (χ0n) is 14.6. The topological polar surface area (TPSA) is 63.5 Å². The van der Waals surface area contributed by atoms with Crippen LogP contribution in [0.25, 0.3) is 17.0 Å². The number of aromatic nitrogens is 3. The lowest BCUT2D eigenvalue weighted by molar-refractivity contribution is -0.153. The summed E-state index contributed by atoms with van der Waals surface area (Å²) in [5.41, 5.74) is 1.68. The molecule has 0 aromatic carbocycles. The van der Waals surface area contributed by atoms with Gasteiger partial charge >= 0.3 is 6.18 Å². The molecule has 1 aliphatic rings. The van der Waals surface area contributed by atoms with Gasteiger partial charge in [0.25, 0.3) is 0 Å². The van der Waals surface area contributed by atoms with Gasteiger partial charge in [0.05, 0.1) is 23.6 Å². The van der Waals surface area contributed by atoms with Gasteiger partial charge in [0.15, 0.2) is 6.61 Å². The van der Waals surface area contributed by atoms with E-state index in [0.29, 0.717) is 35.9 Å². The Morgan fingerprint density at radius 3 is 2.86 bits per heavy atom. The van der Waals surface area contributed by atoms with Crippen molar-refractivity contribution in [3.8, 4) is 17.1 Å². The molecule has 2 atom stereocenters. The smallest absolute Gasteiger partial charge is 0.422 e. The average molecular weight is 395 g/mol. The molecule has 10 heteroatoms. The summed E-state index contributed by atoms with van der Waals surface area (Å²) in [6, 6.07) is 7.83. The Morgan fingerprint density at radius 2 is 2.11 bits per heavy atom. The van der Waals surface area contributed by atoms with Crippen LogP contribution in [-0.2, 0) is 0 Å². The first-order valence-corrected chi connectivity index (χ1v) is 8.64. The first kappa shape index (κ1) is 18.5. The quantitative estimate of drug-likeness (QED) is 0.651. The van der Waals surface area contributed by atoms with E-state index in [0.717, 1.165) is 0 Å². The van der Waals surface area contributed by atoms with Gasteiger partial charge in [0.2, 0.25) is 0 Å². The zero-order chi connectivity index (χ0) is 19.7. The molecule has 1 fully saturated rings. The van der Waals surface area contributed by atoms with E-state index in [9.17, 15) is 17.6 Å². The van der Waals surface area contributed by atoms with Gasteiger partial charge in [0, 0.05) is 25.4 Å². The minimum absolute atomic E-state index is 0.0769. The summed E-state index contributed by atoms with van der Waals surface area (Å²) in [6.07, 6.45) is -2.25. The van der Waals surface area contributed by atoms with E-state index < -0.39 is 19.0 Å². The molecule has 4 rings (SSSR count). The van der Waals surface area contributed by atoms with Crippen molar-refractivity contribution < 1.29 is 22.3 Å². The lowest BCUT2D eigenvalue weighted by Crippen LogP contribution is -2.29. The van der Waals surface area contributed by atoms with Crippen molar-refractivity contribution in [2.75, 3.05) is 25.0 Å². The number of pyridine rings is 2. The third-order valence-corrected chi connectivity index (χ3v) is 4.37. The number of hydrogen-bond acceptors (Lipinski definition) is 5. The SMILES string of the molecule is FC1CNC[C@@H]1Nc1cccc(-c2cnc3cc(OCC(F)(F)F)ccn23)n1. The number of hydrogen-bond donors (Lipinski definition) is 2. The zero-order valence-corrected chi connectivity index (χ0v) is 14.6. The molecule has 0 aliphatic carbocycles. The molecule has 0 spiro atoms. The maximum atomic E-state index is 13.8. The molecule has 1 unspecified atom stereocenters. The molecule has 4 heterocycles. The highest BCUT2D eigenvalue weighted by Gasteiger charge is 2.28. The van der Waals surface area contributed by atoms with Crippen LogP contribution < -0.4 is 15.4 Å². The van der Waals surface area contributed by atoms with Crippen molar-refractivity contribution in [3.63, 3.8) is 0 Å². The Bertz CT molecular complexity index is 974. The number of alkyl halides is 4. The fraction of sp³-hybridized carbons (Fsp3) is 0.333. The fourth-order valence-electron chi connectivity index (χ4n) is 3.04. The lowest BCUT2D eigenvalue weighted by Gasteiger charge is -2.15. The van der Waals surface area contributed by atoms with Crippen LogP contribution in [0.1, 0.15) is 0 Å². The van der Waals surface area contributed by atoms with Gasteiger partial charge in [-0.25, -0.2) is 14.4 Å². The van der Waals surface area contributed by atoms with E-state index in [4.69, 9.17) is 4.74 Å². The van der Waals surface area contributed by atoms with Crippen molar-refractivity contribution in [1.29, 1.82) is 0 Å². The first-order valence-electron chi connectivity index (χ1n) is 8.64. The number of nitrogens with one attached hydrogen (secondary N) is 2. The average Bonchev–Trinajstić information content (AvgIpc) is 3.26. The van der Waals surface area contributed by atoms with Crippen LogP contribution in [-0.4, -0.2) is 52.5 Å².